The van der Waals surface area contributed by atoms with Crippen LogP contribution in [0.4, 0.5) is 0 Å². The van der Waals surface area contributed by atoms with Crippen LogP contribution in [-0.4, -0.2) is 34.6 Å². The number of aliphatic carboxylic acids is 2. The summed E-state index contributed by atoms with van der Waals surface area (Å²) in [5, 5.41) is 20.3. The van der Waals surface area contributed by atoms with Crippen molar-refractivity contribution in [3.63, 3.8) is 0 Å². The van der Waals surface area contributed by atoms with Gasteiger partial charge in [0.05, 0.1) is 12.3 Å². The van der Waals surface area contributed by atoms with E-state index in [0.717, 1.165) is 19.3 Å². The summed E-state index contributed by atoms with van der Waals surface area (Å²) in [6, 6.07) is 0. The smallest absolute Gasteiger partial charge is 0.307 e. The molecule has 176 valence electrons. The van der Waals surface area contributed by atoms with E-state index in [1.54, 1.807) is 0 Å². The third-order valence-corrected chi connectivity index (χ3v) is 5.55. The molecule has 1 atom stereocenters. The zero-order valence-corrected chi connectivity index (χ0v) is 19.1. The number of carboxylic acid groups (broad SMARTS) is 2. The molecule has 6 nitrogen and oxygen atoms in total. The predicted octanol–water partition coefficient (Wildman–Crippen LogP) is 5.93. The Morgan fingerprint density at radius 3 is 1.40 bits per heavy atom. The van der Waals surface area contributed by atoms with Crippen molar-refractivity contribution in [2.24, 2.45) is 5.92 Å². The zero-order valence-electron chi connectivity index (χ0n) is 19.1. The van der Waals surface area contributed by atoms with Gasteiger partial charge in [-0.25, -0.2) is 0 Å². The molecule has 0 aromatic rings. The van der Waals surface area contributed by atoms with Crippen molar-refractivity contribution in [2.75, 3.05) is 6.54 Å². The van der Waals surface area contributed by atoms with E-state index in [1.807, 2.05) is 0 Å². The lowest BCUT2D eigenvalue weighted by atomic mass is 10.0. The second kappa shape index (κ2) is 20.7. The van der Waals surface area contributed by atoms with Crippen LogP contribution >= 0.6 is 0 Å². The van der Waals surface area contributed by atoms with Crippen molar-refractivity contribution in [1.82, 2.24) is 5.32 Å². The number of unbranched alkanes of at least 4 members (excludes halogenated alkanes) is 15. The Labute approximate surface area is 183 Å². The number of carboxylic acids is 2. The molecule has 0 bridgehead atoms. The summed E-state index contributed by atoms with van der Waals surface area (Å²) in [5.41, 5.74) is 0. The first-order valence-corrected chi connectivity index (χ1v) is 12.2. The van der Waals surface area contributed by atoms with E-state index in [4.69, 9.17) is 10.2 Å². The summed E-state index contributed by atoms with van der Waals surface area (Å²) < 4.78 is 0. The SMILES string of the molecule is CCCCCCCCCCCCCCCCCCNC(=O)CC(CC(=O)O)C(=O)O. The summed E-state index contributed by atoms with van der Waals surface area (Å²) in [7, 11) is 0. The first kappa shape index (κ1) is 28.4. The van der Waals surface area contributed by atoms with Gasteiger partial charge in [0, 0.05) is 13.0 Å². The number of carbonyl (C=O) groups is 3. The largest absolute Gasteiger partial charge is 0.481 e. The molecule has 0 heterocycles. The maximum atomic E-state index is 11.7. The maximum Gasteiger partial charge on any atom is 0.307 e. The lowest BCUT2D eigenvalue weighted by Gasteiger charge is -2.10. The van der Waals surface area contributed by atoms with E-state index in [2.05, 4.69) is 12.2 Å². The number of rotatable bonds is 22. The minimum atomic E-state index is -1.24. The number of carbonyl (C=O) groups excluding carboxylic acids is 1. The van der Waals surface area contributed by atoms with Gasteiger partial charge in [-0.05, 0) is 6.42 Å². The molecule has 0 aliphatic carbocycles. The molecule has 0 aliphatic heterocycles. The molecule has 0 radical (unpaired) electrons. The van der Waals surface area contributed by atoms with Gasteiger partial charge in [0.2, 0.25) is 5.91 Å². The van der Waals surface area contributed by atoms with Gasteiger partial charge in [0.15, 0.2) is 0 Å². The molecular weight excluding hydrogens is 382 g/mol. The van der Waals surface area contributed by atoms with Crippen molar-refractivity contribution in [3.8, 4) is 0 Å². The van der Waals surface area contributed by atoms with Gasteiger partial charge in [0.1, 0.15) is 0 Å². The van der Waals surface area contributed by atoms with Gasteiger partial charge in [-0.2, -0.15) is 0 Å². The lowest BCUT2D eigenvalue weighted by Crippen LogP contribution is -2.30. The van der Waals surface area contributed by atoms with Crippen LogP contribution in [0.1, 0.15) is 122 Å². The molecule has 0 saturated carbocycles. The van der Waals surface area contributed by atoms with Gasteiger partial charge in [-0.15, -0.1) is 0 Å². The molecule has 0 saturated heterocycles. The number of hydrogen-bond acceptors (Lipinski definition) is 3. The summed E-state index contributed by atoms with van der Waals surface area (Å²) >= 11 is 0. The van der Waals surface area contributed by atoms with Crippen LogP contribution in [0, 0.1) is 5.92 Å². The van der Waals surface area contributed by atoms with Gasteiger partial charge < -0.3 is 15.5 Å². The van der Waals surface area contributed by atoms with Crippen LogP contribution in [0.2, 0.25) is 0 Å². The second-order valence-corrected chi connectivity index (χ2v) is 8.49. The third kappa shape index (κ3) is 19.7. The van der Waals surface area contributed by atoms with Gasteiger partial charge in [-0.1, -0.05) is 103 Å². The van der Waals surface area contributed by atoms with Gasteiger partial charge in [-0.3, -0.25) is 14.4 Å². The summed E-state index contributed by atoms with van der Waals surface area (Å²) in [6.07, 6.45) is 19.9. The van der Waals surface area contributed by atoms with Crippen LogP contribution in [-0.2, 0) is 14.4 Å². The maximum absolute atomic E-state index is 11.7. The first-order chi connectivity index (χ1) is 14.5. The highest BCUT2D eigenvalue weighted by Crippen LogP contribution is 2.14. The number of nitrogens with one attached hydrogen (secondary N) is 1. The highest BCUT2D eigenvalue weighted by molar-refractivity contribution is 5.85. The van der Waals surface area contributed by atoms with E-state index in [0.29, 0.717) is 6.54 Å². The lowest BCUT2D eigenvalue weighted by molar-refractivity contribution is -0.149. The summed E-state index contributed by atoms with van der Waals surface area (Å²) in [4.78, 5) is 33.3. The Bertz CT molecular complexity index is 453. The van der Waals surface area contributed by atoms with Gasteiger partial charge in [0.25, 0.3) is 0 Å². The summed E-state index contributed by atoms with van der Waals surface area (Å²) in [5.74, 6) is -3.99. The van der Waals surface area contributed by atoms with E-state index in [1.165, 1.54) is 83.5 Å². The zero-order chi connectivity index (χ0) is 22.5. The number of hydrogen-bond donors (Lipinski definition) is 3. The van der Waals surface area contributed by atoms with Crippen molar-refractivity contribution >= 4 is 17.8 Å². The average molecular weight is 428 g/mol. The molecule has 0 aromatic carbocycles. The Balaban J connectivity index is 3.37. The van der Waals surface area contributed by atoms with E-state index in [-0.39, 0.29) is 12.3 Å². The van der Waals surface area contributed by atoms with E-state index < -0.39 is 24.3 Å². The fraction of sp³-hybridized carbons (Fsp3) is 0.875. The van der Waals surface area contributed by atoms with Crippen LogP contribution in [0.3, 0.4) is 0 Å². The topological polar surface area (TPSA) is 104 Å². The van der Waals surface area contributed by atoms with E-state index in [9.17, 15) is 14.4 Å². The molecule has 0 spiro atoms. The van der Waals surface area contributed by atoms with Crippen molar-refractivity contribution < 1.29 is 24.6 Å². The minimum absolute atomic E-state index is 0.277. The normalized spacial score (nSPS) is 11.9. The molecule has 0 fully saturated rings. The molecule has 3 N–H and O–H groups in total. The second-order valence-electron chi connectivity index (χ2n) is 8.49. The van der Waals surface area contributed by atoms with Crippen LogP contribution in [0.15, 0.2) is 0 Å². The van der Waals surface area contributed by atoms with Crippen LogP contribution in [0.5, 0.6) is 0 Å². The Hall–Kier alpha value is -1.59. The third-order valence-electron chi connectivity index (χ3n) is 5.55. The quantitative estimate of drug-likeness (QED) is 0.186. The Morgan fingerprint density at radius 1 is 0.633 bits per heavy atom. The van der Waals surface area contributed by atoms with Crippen molar-refractivity contribution in [2.45, 2.75) is 122 Å². The Morgan fingerprint density at radius 2 is 1.03 bits per heavy atom. The fourth-order valence-electron chi connectivity index (χ4n) is 3.65. The average Bonchev–Trinajstić information content (AvgIpc) is 2.69. The molecule has 0 aromatic heterocycles. The molecule has 1 amide bonds. The molecular formula is C24H45NO5. The fourth-order valence-corrected chi connectivity index (χ4v) is 3.65. The standard InChI is InChI=1S/C24H45NO5/c1-2-3-4-5-6-7-8-9-10-11-12-13-14-15-16-17-18-25-22(26)19-21(24(29)30)20-23(27)28/h21H,2-20H2,1H3,(H,25,26)(H,27,28)(H,29,30). The van der Waals surface area contributed by atoms with Crippen molar-refractivity contribution in [3.05, 3.63) is 0 Å². The predicted molar refractivity (Wildman–Crippen MR) is 121 cm³/mol. The van der Waals surface area contributed by atoms with Crippen molar-refractivity contribution in [1.29, 1.82) is 0 Å². The minimum Gasteiger partial charge on any atom is -0.481 e. The molecule has 0 aliphatic rings. The Kier molecular flexibility index (Phi) is 19.6. The number of amides is 1. The molecule has 0 rings (SSSR count). The van der Waals surface area contributed by atoms with Gasteiger partial charge >= 0.3 is 11.9 Å². The summed E-state index contributed by atoms with van der Waals surface area (Å²) in [6.45, 7) is 2.78. The highest BCUT2D eigenvalue weighted by atomic mass is 16.4. The van der Waals surface area contributed by atoms with Crippen LogP contribution < -0.4 is 5.32 Å². The molecule has 30 heavy (non-hydrogen) atoms. The monoisotopic (exact) mass is 427 g/mol. The van der Waals surface area contributed by atoms with Crippen LogP contribution in [0.25, 0.3) is 0 Å². The molecule has 1 unspecified atom stereocenters. The first-order valence-electron chi connectivity index (χ1n) is 12.2. The van der Waals surface area contributed by atoms with E-state index >= 15 is 0 Å². The molecule has 6 heteroatoms. The highest BCUT2D eigenvalue weighted by Gasteiger charge is 2.23.